The number of hydrogen-bond acceptors (Lipinski definition) is 2. The van der Waals surface area contributed by atoms with Crippen molar-refractivity contribution in [2.75, 3.05) is 5.32 Å². The van der Waals surface area contributed by atoms with Crippen LogP contribution in [0.2, 0.25) is 10.0 Å². The minimum Gasteiger partial charge on any atom is -0.332 e. The zero-order chi connectivity index (χ0) is 15.4. The minimum absolute atomic E-state index is 0.180. The molecule has 2 aromatic rings. The first kappa shape index (κ1) is 15.8. The maximum absolute atomic E-state index is 11.9. The molecule has 3 nitrogen and oxygen atoms in total. The third-order valence-corrected chi connectivity index (χ3v) is 3.79. The van der Waals surface area contributed by atoms with Gasteiger partial charge in [0.1, 0.15) is 0 Å². The molecular weight excluding hydrogens is 327 g/mol. The van der Waals surface area contributed by atoms with Gasteiger partial charge in [0.2, 0.25) is 0 Å². The summed E-state index contributed by atoms with van der Waals surface area (Å²) in [6, 6.07) is 12.2. The van der Waals surface area contributed by atoms with Gasteiger partial charge < -0.3 is 5.32 Å². The molecule has 0 atom stereocenters. The van der Waals surface area contributed by atoms with Crippen molar-refractivity contribution >= 4 is 52.1 Å². The number of rotatable bonds is 2. The fraction of sp³-hybridized carbons (Fsp3) is 0.0667. The van der Waals surface area contributed by atoms with Crippen LogP contribution in [0.3, 0.4) is 0 Å². The third-order valence-electron chi connectivity index (χ3n) is 2.80. The normalized spacial score (nSPS) is 10.0. The van der Waals surface area contributed by atoms with Crippen molar-refractivity contribution in [1.29, 1.82) is 0 Å². The Hall–Kier alpha value is -1.62. The Bertz CT molecular complexity index is 666. The Morgan fingerprint density at radius 2 is 1.67 bits per heavy atom. The van der Waals surface area contributed by atoms with Gasteiger partial charge in [-0.1, -0.05) is 41.4 Å². The predicted octanol–water partition coefficient (Wildman–Crippen LogP) is 4.43. The van der Waals surface area contributed by atoms with E-state index in [-0.39, 0.29) is 11.0 Å². The van der Waals surface area contributed by atoms with Crippen molar-refractivity contribution < 1.29 is 4.79 Å². The van der Waals surface area contributed by atoms with E-state index in [4.69, 9.17) is 35.4 Å². The molecule has 0 aromatic heterocycles. The molecule has 0 spiro atoms. The standard InChI is InChI=1S/C15H12Cl2N2OS/c1-9-12(16)7-11(8-13(9)17)18-15(21)19-14(20)10-5-3-2-4-6-10/h2-8H,1H3,(H2,18,19,20,21). The van der Waals surface area contributed by atoms with E-state index in [9.17, 15) is 4.79 Å². The van der Waals surface area contributed by atoms with Crippen molar-refractivity contribution in [1.82, 2.24) is 5.32 Å². The molecule has 0 saturated carbocycles. The number of carbonyl (C=O) groups is 1. The summed E-state index contributed by atoms with van der Waals surface area (Å²) < 4.78 is 0. The molecule has 108 valence electrons. The summed E-state index contributed by atoms with van der Waals surface area (Å²) in [5.41, 5.74) is 1.94. The summed E-state index contributed by atoms with van der Waals surface area (Å²) in [5, 5.41) is 6.72. The maximum Gasteiger partial charge on any atom is 0.257 e. The first-order valence-corrected chi connectivity index (χ1v) is 7.27. The summed E-state index contributed by atoms with van der Waals surface area (Å²) in [7, 11) is 0. The Morgan fingerprint density at radius 1 is 1.10 bits per heavy atom. The fourth-order valence-corrected chi connectivity index (χ4v) is 2.34. The molecule has 0 radical (unpaired) electrons. The van der Waals surface area contributed by atoms with Gasteiger partial charge in [-0.15, -0.1) is 0 Å². The van der Waals surface area contributed by atoms with Crippen LogP contribution in [-0.2, 0) is 0 Å². The molecule has 21 heavy (non-hydrogen) atoms. The van der Waals surface area contributed by atoms with Crippen molar-refractivity contribution in [3.63, 3.8) is 0 Å². The van der Waals surface area contributed by atoms with Crippen LogP contribution in [0.4, 0.5) is 5.69 Å². The van der Waals surface area contributed by atoms with Crippen molar-refractivity contribution in [3.05, 3.63) is 63.6 Å². The summed E-state index contributed by atoms with van der Waals surface area (Å²) >= 11 is 17.2. The van der Waals surface area contributed by atoms with E-state index in [1.54, 1.807) is 36.4 Å². The van der Waals surface area contributed by atoms with Crippen LogP contribution in [0.25, 0.3) is 0 Å². The Labute approximate surface area is 138 Å². The SMILES string of the molecule is Cc1c(Cl)cc(NC(=S)NC(=O)c2ccccc2)cc1Cl. The van der Waals surface area contributed by atoms with Gasteiger partial charge in [0.05, 0.1) is 0 Å². The van der Waals surface area contributed by atoms with Gasteiger partial charge >= 0.3 is 0 Å². The maximum atomic E-state index is 11.9. The molecule has 0 unspecified atom stereocenters. The van der Waals surface area contributed by atoms with E-state index in [1.807, 2.05) is 13.0 Å². The van der Waals surface area contributed by atoms with Crippen LogP contribution in [0.1, 0.15) is 15.9 Å². The number of carbonyl (C=O) groups excluding carboxylic acids is 1. The second-order valence-corrected chi connectivity index (χ2v) is 5.56. The molecule has 2 N–H and O–H groups in total. The second-order valence-electron chi connectivity index (χ2n) is 4.34. The number of halogens is 2. The van der Waals surface area contributed by atoms with E-state index in [0.717, 1.165) is 5.56 Å². The van der Waals surface area contributed by atoms with Gasteiger partial charge in [0, 0.05) is 21.3 Å². The summed E-state index contributed by atoms with van der Waals surface area (Å²) in [5.74, 6) is -0.280. The smallest absolute Gasteiger partial charge is 0.257 e. The highest BCUT2D eigenvalue weighted by molar-refractivity contribution is 7.80. The van der Waals surface area contributed by atoms with Crippen LogP contribution >= 0.6 is 35.4 Å². The van der Waals surface area contributed by atoms with Crippen molar-refractivity contribution in [2.45, 2.75) is 6.92 Å². The van der Waals surface area contributed by atoms with Gasteiger partial charge in [0.25, 0.3) is 5.91 Å². The van der Waals surface area contributed by atoms with E-state index < -0.39 is 0 Å². The number of amides is 1. The Morgan fingerprint density at radius 3 is 2.24 bits per heavy atom. The lowest BCUT2D eigenvalue weighted by molar-refractivity contribution is 0.0978. The molecule has 0 aliphatic heterocycles. The van der Waals surface area contributed by atoms with E-state index in [1.165, 1.54) is 0 Å². The minimum atomic E-state index is -0.280. The molecule has 0 aliphatic carbocycles. The lowest BCUT2D eigenvalue weighted by Crippen LogP contribution is -2.34. The molecule has 0 heterocycles. The zero-order valence-electron chi connectivity index (χ0n) is 11.1. The average molecular weight is 339 g/mol. The number of nitrogens with one attached hydrogen (secondary N) is 2. The summed E-state index contributed by atoms with van der Waals surface area (Å²) in [6.07, 6.45) is 0. The van der Waals surface area contributed by atoms with Gasteiger partial charge in [-0.2, -0.15) is 0 Å². The molecule has 2 rings (SSSR count). The quantitative estimate of drug-likeness (QED) is 0.796. The Kier molecular flexibility index (Phi) is 5.17. The highest BCUT2D eigenvalue weighted by Gasteiger charge is 2.09. The van der Waals surface area contributed by atoms with Crippen molar-refractivity contribution in [3.8, 4) is 0 Å². The number of anilines is 1. The zero-order valence-corrected chi connectivity index (χ0v) is 13.4. The molecule has 0 saturated heterocycles. The summed E-state index contributed by atoms with van der Waals surface area (Å²) in [6.45, 7) is 1.82. The van der Waals surface area contributed by atoms with Gasteiger partial charge in [-0.25, -0.2) is 0 Å². The van der Waals surface area contributed by atoms with Crippen LogP contribution in [0, 0.1) is 6.92 Å². The number of hydrogen-bond donors (Lipinski definition) is 2. The monoisotopic (exact) mass is 338 g/mol. The molecule has 0 bridgehead atoms. The topological polar surface area (TPSA) is 41.1 Å². The van der Waals surface area contributed by atoms with Gasteiger partial charge in [0.15, 0.2) is 5.11 Å². The lowest BCUT2D eigenvalue weighted by atomic mass is 10.2. The first-order chi connectivity index (χ1) is 9.97. The van der Waals surface area contributed by atoms with E-state index in [0.29, 0.717) is 21.3 Å². The molecule has 0 fully saturated rings. The average Bonchev–Trinajstić information content (AvgIpc) is 2.45. The highest BCUT2D eigenvalue weighted by Crippen LogP contribution is 2.27. The van der Waals surface area contributed by atoms with Gasteiger partial charge in [-0.3, -0.25) is 10.1 Å². The fourth-order valence-electron chi connectivity index (χ4n) is 1.64. The highest BCUT2D eigenvalue weighted by atomic mass is 35.5. The molecular formula is C15H12Cl2N2OS. The summed E-state index contributed by atoms with van der Waals surface area (Å²) in [4.78, 5) is 11.9. The third kappa shape index (κ3) is 4.17. The van der Waals surface area contributed by atoms with Crippen LogP contribution in [-0.4, -0.2) is 11.0 Å². The van der Waals surface area contributed by atoms with Crippen LogP contribution < -0.4 is 10.6 Å². The first-order valence-electron chi connectivity index (χ1n) is 6.10. The van der Waals surface area contributed by atoms with E-state index in [2.05, 4.69) is 10.6 Å². The van der Waals surface area contributed by atoms with Gasteiger partial charge in [-0.05, 0) is 49.0 Å². The lowest BCUT2D eigenvalue weighted by Gasteiger charge is -2.11. The van der Waals surface area contributed by atoms with E-state index >= 15 is 0 Å². The largest absolute Gasteiger partial charge is 0.332 e. The predicted molar refractivity (Wildman–Crippen MR) is 91.3 cm³/mol. The second kappa shape index (κ2) is 6.89. The molecule has 6 heteroatoms. The number of benzene rings is 2. The molecule has 1 amide bonds. The molecule has 0 aliphatic rings. The van der Waals surface area contributed by atoms with Crippen LogP contribution in [0.5, 0.6) is 0 Å². The molecule has 2 aromatic carbocycles. The Balaban J connectivity index is 2.04. The van der Waals surface area contributed by atoms with Crippen molar-refractivity contribution in [2.24, 2.45) is 0 Å². The van der Waals surface area contributed by atoms with Crippen LogP contribution in [0.15, 0.2) is 42.5 Å². The number of thiocarbonyl (C=S) groups is 1.